The summed E-state index contributed by atoms with van der Waals surface area (Å²) in [4.78, 5) is 16.2. The summed E-state index contributed by atoms with van der Waals surface area (Å²) in [7, 11) is 0. The summed E-state index contributed by atoms with van der Waals surface area (Å²) in [5, 5.41) is 9.10. The van der Waals surface area contributed by atoms with Crippen LogP contribution >= 0.6 is 0 Å². The summed E-state index contributed by atoms with van der Waals surface area (Å²) in [5.74, 6) is -1.05. The molecule has 0 N–H and O–H groups in total. The van der Waals surface area contributed by atoms with Gasteiger partial charge in [-0.1, -0.05) is 36.4 Å². The van der Waals surface area contributed by atoms with Crippen LogP contribution in [0.1, 0.15) is 22.0 Å². The van der Waals surface area contributed by atoms with Gasteiger partial charge in [-0.3, -0.25) is 9.78 Å². The third-order valence-electron chi connectivity index (χ3n) is 2.43. The number of ketones is 1. The fraction of sp³-hybridized carbons (Fsp3) is 0.0714. The van der Waals surface area contributed by atoms with Gasteiger partial charge in [-0.15, -0.1) is 0 Å². The van der Waals surface area contributed by atoms with E-state index in [2.05, 4.69) is 4.98 Å². The van der Waals surface area contributed by atoms with Crippen LogP contribution in [0.2, 0.25) is 0 Å². The highest BCUT2D eigenvalue weighted by Gasteiger charge is 2.22. The lowest BCUT2D eigenvalue weighted by atomic mass is 9.95. The zero-order chi connectivity index (χ0) is 12.1. The molecule has 0 unspecified atom stereocenters. The molecule has 0 spiro atoms. The topological polar surface area (TPSA) is 53.8 Å². The molecule has 0 saturated carbocycles. The minimum atomic E-state index is -0.835. The molecule has 82 valence electrons. The molecule has 0 aliphatic carbocycles. The van der Waals surface area contributed by atoms with E-state index < -0.39 is 5.92 Å². The van der Waals surface area contributed by atoms with Crippen LogP contribution in [-0.4, -0.2) is 10.8 Å². The number of carbonyl (C=O) groups is 1. The molecule has 0 fully saturated rings. The van der Waals surface area contributed by atoms with Gasteiger partial charge in [0, 0.05) is 11.8 Å². The Morgan fingerprint density at radius 3 is 2.41 bits per heavy atom. The fourth-order valence-electron chi connectivity index (χ4n) is 1.57. The first-order chi connectivity index (χ1) is 8.33. The van der Waals surface area contributed by atoms with Crippen LogP contribution in [0.5, 0.6) is 0 Å². The monoisotopic (exact) mass is 222 g/mol. The van der Waals surface area contributed by atoms with Crippen LogP contribution in [0.3, 0.4) is 0 Å². The van der Waals surface area contributed by atoms with Gasteiger partial charge in [-0.05, 0) is 12.1 Å². The van der Waals surface area contributed by atoms with Crippen molar-refractivity contribution in [2.75, 3.05) is 0 Å². The quantitative estimate of drug-likeness (QED) is 0.750. The van der Waals surface area contributed by atoms with Gasteiger partial charge in [0.2, 0.25) is 0 Å². The van der Waals surface area contributed by atoms with Crippen molar-refractivity contribution in [2.24, 2.45) is 0 Å². The Kier molecular flexibility index (Phi) is 3.27. The van der Waals surface area contributed by atoms with Gasteiger partial charge in [0.25, 0.3) is 0 Å². The molecule has 0 radical (unpaired) electrons. The molecule has 0 aliphatic rings. The number of hydrogen-bond acceptors (Lipinski definition) is 3. The summed E-state index contributed by atoms with van der Waals surface area (Å²) in [6.45, 7) is 0. The number of hydrogen-bond donors (Lipinski definition) is 0. The van der Waals surface area contributed by atoms with E-state index in [1.807, 2.05) is 12.1 Å². The van der Waals surface area contributed by atoms with Crippen molar-refractivity contribution in [1.82, 2.24) is 4.98 Å². The van der Waals surface area contributed by atoms with E-state index in [1.165, 1.54) is 0 Å². The number of benzene rings is 1. The normalized spacial score (nSPS) is 11.5. The summed E-state index contributed by atoms with van der Waals surface area (Å²) >= 11 is 0. The summed E-state index contributed by atoms with van der Waals surface area (Å²) in [5.41, 5.74) is 1.02. The molecule has 1 atom stereocenters. The maximum atomic E-state index is 12.1. The zero-order valence-corrected chi connectivity index (χ0v) is 9.08. The minimum Gasteiger partial charge on any atom is -0.292 e. The number of pyridine rings is 1. The molecule has 0 amide bonds. The van der Waals surface area contributed by atoms with E-state index in [4.69, 9.17) is 5.26 Å². The van der Waals surface area contributed by atoms with Gasteiger partial charge in [0.15, 0.2) is 11.7 Å². The average Bonchev–Trinajstić information content (AvgIpc) is 2.42. The predicted octanol–water partition coefficient (Wildman–Crippen LogP) is 2.57. The predicted molar refractivity (Wildman–Crippen MR) is 63.4 cm³/mol. The Bertz CT molecular complexity index is 543. The summed E-state index contributed by atoms with van der Waals surface area (Å²) in [6, 6.07) is 16.0. The molecule has 2 aromatic rings. The highest BCUT2D eigenvalue weighted by Crippen LogP contribution is 2.17. The highest BCUT2D eigenvalue weighted by molar-refractivity contribution is 6.02. The van der Waals surface area contributed by atoms with Crippen molar-refractivity contribution in [3.63, 3.8) is 0 Å². The van der Waals surface area contributed by atoms with Gasteiger partial charge in [-0.25, -0.2) is 0 Å². The lowest BCUT2D eigenvalue weighted by molar-refractivity contribution is 0.0977. The van der Waals surface area contributed by atoms with Crippen molar-refractivity contribution in [3.05, 3.63) is 66.0 Å². The second kappa shape index (κ2) is 5.04. The van der Waals surface area contributed by atoms with Crippen molar-refractivity contribution in [1.29, 1.82) is 5.26 Å². The van der Waals surface area contributed by atoms with E-state index in [9.17, 15) is 4.79 Å². The van der Waals surface area contributed by atoms with Crippen LogP contribution in [-0.2, 0) is 0 Å². The third kappa shape index (κ3) is 2.37. The standard InChI is InChI=1S/C14H10N2O/c15-10-12(13-8-4-5-9-16-13)14(17)11-6-2-1-3-7-11/h1-9,12H/t12-/m0/s1. The van der Waals surface area contributed by atoms with E-state index in [0.29, 0.717) is 11.3 Å². The molecule has 0 saturated heterocycles. The first-order valence-corrected chi connectivity index (χ1v) is 5.22. The summed E-state index contributed by atoms with van der Waals surface area (Å²) in [6.07, 6.45) is 1.58. The molecule has 1 aromatic heterocycles. The maximum Gasteiger partial charge on any atom is 0.186 e. The summed E-state index contributed by atoms with van der Waals surface area (Å²) < 4.78 is 0. The largest absolute Gasteiger partial charge is 0.292 e. The van der Waals surface area contributed by atoms with E-state index in [-0.39, 0.29) is 5.78 Å². The van der Waals surface area contributed by atoms with Crippen LogP contribution < -0.4 is 0 Å². The Hall–Kier alpha value is -2.47. The number of Topliss-reactive ketones (excluding diaryl/α,β-unsaturated/α-hetero) is 1. The molecule has 3 nitrogen and oxygen atoms in total. The molecule has 3 heteroatoms. The molecule has 0 bridgehead atoms. The van der Waals surface area contributed by atoms with Crippen molar-refractivity contribution < 1.29 is 4.79 Å². The van der Waals surface area contributed by atoms with Gasteiger partial charge in [0.1, 0.15) is 0 Å². The molecule has 1 heterocycles. The van der Waals surface area contributed by atoms with Crippen LogP contribution in [0.4, 0.5) is 0 Å². The molecular weight excluding hydrogens is 212 g/mol. The van der Waals surface area contributed by atoms with Gasteiger partial charge in [-0.2, -0.15) is 5.26 Å². The lowest BCUT2D eigenvalue weighted by Gasteiger charge is -2.06. The number of nitrogens with zero attached hydrogens (tertiary/aromatic N) is 2. The first-order valence-electron chi connectivity index (χ1n) is 5.22. The van der Waals surface area contributed by atoms with Gasteiger partial charge in [0.05, 0.1) is 11.8 Å². The fourth-order valence-corrected chi connectivity index (χ4v) is 1.57. The number of nitriles is 1. The average molecular weight is 222 g/mol. The van der Waals surface area contributed by atoms with E-state index >= 15 is 0 Å². The maximum absolute atomic E-state index is 12.1. The number of carbonyl (C=O) groups excluding carboxylic acids is 1. The zero-order valence-electron chi connectivity index (χ0n) is 9.08. The third-order valence-corrected chi connectivity index (χ3v) is 2.43. The molecule has 2 rings (SSSR count). The van der Waals surface area contributed by atoms with Crippen molar-refractivity contribution in [2.45, 2.75) is 5.92 Å². The number of aromatic nitrogens is 1. The van der Waals surface area contributed by atoms with Gasteiger partial charge < -0.3 is 0 Å². The SMILES string of the molecule is N#C[C@H](C(=O)c1ccccc1)c1ccccn1. The lowest BCUT2D eigenvalue weighted by Crippen LogP contribution is -2.12. The first kappa shape index (κ1) is 11.0. The van der Waals surface area contributed by atoms with Gasteiger partial charge >= 0.3 is 0 Å². The van der Waals surface area contributed by atoms with Crippen molar-refractivity contribution in [3.8, 4) is 6.07 Å². The molecule has 17 heavy (non-hydrogen) atoms. The second-order valence-corrected chi connectivity index (χ2v) is 3.55. The smallest absolute Gasteiger partial charge is 0.186 e. The Morgan fingerprint density at radius 2 is 1.82 bits per heavy atom. The van der Waals surface area contributed by atoms with Crippen LogP contribution in [0.25, 0.3) is 0 Å². The molecule has 0 aliphatic heterocycles. The molecule has 1 aromatic carbocycles. The van der Waals surface area contributed by atoms with Crippen molar-refractivity contribution >= 4 is 5.78 Å². The highest BCUT2D eigenvalue weighted by atomic mass is 16.1. The Labute approximate surface area is 99.4 Å². The Morgan fingerprint density at radius 1 is 1.12 bits per heavy atom. The van der Waals surface area contributed by atoms with Crippen LogP contribution in [0, 0.1) is 11.3 Å². The minimum absolute atomic E-state index is 0.216. The Balaban J connectivity index is 2.33. The molecular formula is C14H10N2O. The second-order valence-electron chi connectivity index (χ2n) is 3.55. The van der Waals surface area contributed by atoms with E-state index in [1.54, 1.807) is 48.7 Å². The number of rotatable bonds is 3. The van der Waals surface area contributed by atoms with Crippen LogP contribution in [0.15, 0.2) is 54.7 Å². The van der Waals surface area contributed by atoms with E-state index in [0.717, 1.165) is 0 Å².